The highest BCUT2D eigenvalue weighted by molar-refractivity contribution is 14.2. The summed E-state index contributed by atoms with van der Waals surface area (Å²) in [5.41, 5.74) is 1.34. The van der Waals surface area contributed by atoms with Crippen molar-refractivity contribution >= 4 is 64.7 Å². The minimum atomic E-state index is -0.981. The van der Waals surface area contributed by atoms with Gasteiger partial charge in [0.25, 0.3) is 0 Å². The van der Waals surface area contributed by atoms with Crippen molar-refractivity contribution in [1.29, 1.82) is 0 Å². The maximum atomic E-state index is 13.9. The number of carboxylic acid groups (broad SMARTS) is 1. The van der Waals surface area contributed by atoms with Gasteiger partial charge in [0.15, 0.2) is 23.1 Å². The van der Waals surface area contributed by atoms with Crippen molar-refractivity contribution in [3.05, 3.63) is 35.5 Å². The molecule has 0 bridgehead atoms. The van der Waals surface area contributed by atoms with E-state index in [1.807, 2.05) is 3.97 Å². The Morgan fingerprint density at radius 1 is 1.44 bits per heavy atom. The van der Waals surface area contributed by atoms with E-state index in [0.717, 1.165) is 11.6 Å². The van der Waals surface area contributed by atoms with Gasteiger partial charge in [0.2, 0.25) is 0 Å². The quantitative estimate of drug-likeness (QED) is 0.501. The summed E-state index contributed by atoms with van der Waals surface area (Å²) in [5, 5.41) is 12.5. The number of hydrogen-bond donors (Lipinski definition) is 2. The van der Waals surface area contributed by atoms with Gasteiger partial charge in [-0.1, -0.05) is 11.6 Å². The molecule has 0 amide bonds. The van der Waals surface area contributed by atoms with Crippen LogP contribution in [0.25, 0.3) is 22.4 Å². The summed E-state index contributed by atoms with van der Waals surface area (Å²) in [6.45, 7) is 0.0570. The molecule has 2 N–H and O–H groups in total. The first kappa shape index (κ1) is 18.1. The summed E-state index contributed by atoms with van der Waals surface area (Å²) < 4.78 is 15.7. The van der Waals surface area contributed by atoms with Crippen LogP contribution in [0.5, 0.6) is 0 Å². The Morgan fingerprint density at radius 3 is 2.96 bits per heavy atom. The zero-order valence-electron chi connectivity index (χ0n) is 12.4. The largest absolute Gasteiger partial charge is 0.481 e. The molecule has 0 aromatic carbocycles. The Morgan fingerprint density at radius 2 is 2.24 bits per heavy atom. The van der Waals surface area contributed by atoms with Gasteiger partial charge >= 0.3 is 5.97 Å². The lowest BCUT2D eigenvalue weighted by Crippen LogP contribution is -2.10. The molecule has 0 aliphatic rings. The minimum absolute atomic E-state index is 0.0516. The molecular formula is C14H10ClFIN5O2S. The van der Waals surface area contributed by atoms with Gasteiger partial charge < -0.3 is 10.4 Å². The number of aromatic nitrogens is 4. The van der Waals surface area contributed by atoms with Crippen LogP contribution in [0.4, 0.5) is 10.2 Å². The standard InChI is InChI=1S/C14H10ClFIN5O2S/c15-7-3-8-9(6-22(25-17)14(8)20-4-7)12-19-5-10(16)13(21-12)18-2-1-11(23)24/h3-6H,1-2H2,(H,23,24)(H,18,19,21). The van der Waals surface area contributed by atoms with Crippen molar-refractivity contribution in [1.82, 2.24) is 18.9 Å². The molecule has 0 fully saturated rings. The fourth-order valence-electron chi connectivity index (χ4n) is 2.19. The van der Waals surface area contributed by atoms with Gasteiger partial charge in [-0.15, -0.1) is 0 Å². The number of pyridine rings is 1. The van der Waals surface area contributed by atoms with Crippen LogP contribution in [0.15, 0.2) is 24.7 Å². The fourth-order valence-corrected chi connectivity index (χ4v) is 3.61. The SMILES string of the molecule is O=C(O)CCNc1nc(-c2cn(SI)c3ncc(Cl)cc23)ncc1F. The van der Waals surface area contributed by atoms with E-state index in [1.54, 1.807) is 18.5 Å². The third kappa shape index (κ3) is 3.96. The molecule has 130 valence electrons. The molecule has 25 heavy (non-hydrogen) atoms. The van der Waals surface area contributed by atoms with Crippen molar-refractivity contribution in [3.63, 3.8) is 0 Å². The molecule has 7 nitrogen and oxygen atoms in total. The molecule has 0 atom stereocenters. The summed E-state index contributed by atoms with van der Waals surface area (Å²) in [6, 6.07) is 1.74. The average Bonchev–Trinajstić information content (AvgIpc) is 2.94. The van der Waals surface area contributed by atoms with E-state index >= 15 is 0 Å². The van der Waals surface area contributed by atoms with E-state index in [0.29, 0.717) is 16.2 Å². The van der Waals surface area contributed by atoms with Crippen LogP contribution >= 0.6 is 41.9 Å². The number of fused-ring (bicyclic) bond motifs is 1. The molecule has 0 aliphatic heterocycles. The van der Waals surface area contributed by atoms with E-state index in [1.165, 1.54) is 9.12 Å². The summed E-state index contributed by atoms with van der Waals surface area (Å²) in [7, 11) is 1.41. The predicted octanol–water partition coefficient (Wildman–Crippen LogP) is 4.02. The number of hydrogen-bond acceptors (Lipinski definition) is 6. The summed E-state index contributed by atoms with van der Waals surface area (Å²) in [6.07, 6.45) is 4.23. The molecule has 3 rings (SSSR count). The number of nitrogens with zero attached hydrogens (tertiary/aromatic N) is 4. The lowest BCUT2D eigenvalue weighted by molar-refractivity contribution is -0.136. The Kier molecular flexibility index (Phi) is 5.59. The molecule has 0 spiro atoms. The van der Waals surface area contributed by atoms with Crippen molar-refractivity contribution in [3.8, 4) is 11.4 Å². The van der Waals surface area contributed by atoms with Gasteiger partial charge in [0.1, 0.15) is 0 Å². The van der Waals surface area contributed by atoms with Crippen LogP contribution in [0.3, 0.4) is 0 Å². The first-order chi connectivity index (χ1) is 12.0. The summed E-state index contributed by atoms with van der Waals surface area (Å²) in [4.78, 5) is 23.1. The number of carbonyl (C=O) groups is 1. The third-order valence-corrected chi connectivity index (χ3v) is 5.18. The monoisotopic (exact) mass is 493 g/mol. The zero-order valence-corrected chi connectivity index (χ0v) is 16.1. The van der Waals surface area contributed by atoms with E-state index < -0.39 is 11.8 Å². The van der Waals surface area contributed by atoms with Crippen molar-refractivity contribution in [2.45, 2.75) is 6.42 Å². The lowest BCUT2D eigenvalue weighted by atomic mass is 10.2. The van der Waals surface area contributed by atoms with Gasteiger partial charge in [0.05, 0.1) is 17.6 Å². The second-order valence-electron chi connectivity index (χ2n) is 4.92. The first-order valence-electron chi connectivity index (χ1n) is 6.94. The normalized spacial score (nSPS) is 11.0. The van der Waals surface area contributed by atoms with Gasteiger partial charge in [-0.05, 0) is 6.07 Å². The fraction of sp³-hybridized carbons (Fsp3) is 0.143. The van der Waals surface area contributed by atoms with Crippen LogP contribution < -0.4 is 5.32 Å². The van der Waals surface area contributed by atoms with Crippen LogP contribution in [0.2, 0.25) is 5.02 Å². The van der Waals surface area contributed by atoms with E-state index in [-0.39, 0.29) is 24.6 Å². The van der Waals surface area contributed by atoms with Crippen LogP contribution in [-0.2, 0) is 4.79 Å². The number of carboxylic acids is 1. The number of anilines is 1. The molecule has 3 aromatic rings. The smallest absolute Gasteiger partial charge is 0.305 e. The van der Waals surface area contributed by atoms with Crippen LogP contribution in [0.1, 0.15) is 6.42 Å². The molecule has 3 aromatic heterocycles. The number of aliphatic carboxylic acids is 1. The molecule has 0 aliphatic carbocycles. The maximum Gasteiger partial charge on any atom is 0.305 e. The highest BCUT2D eigenvalue weighted by Crippen LogP contribution is 2.33. The highest BCUT2D eigenvalue weighted by Gasteiger charge is 2.16. The Labute approximate surface area is 162 Å². The second-order valence-corrected chi connectivity index (χ2v) is 7.07. The molecule has 0 saturated carbocycles. The Hall–Kier alpha value is -1.66. The zero-order chi connectivity index (χ0) is 18.0. The topological polar surface area (TPSA) is 92.9 Å². The number of nitrogens with one attached hydrogen (secondary N) is 1. The highest BCUT2D eigenvalue weighted by atomic mass is 127. The van der Waals surface area contributed by atoms with Crippen LogP contribution in [-0.4, -0.2) is 36.5 Å². The lowest BCUT2D eigenvalue weighted by Gasteiger charge is -2.06. The first-order valence-corrected chi connectivity index (χ1v) is 10.6. The second kappa shape index (κ2) is 7.70. The van der Waals surface area contributed by atoms with Crippen molar-refractivity contribution < 1.29 is 14.3 Å². The van der Waals surface area contributed by atoms with Gasteiger partial charge in [-0.2, -0.15) is 0 Å². The molecule has 0 unspecified atom stereocenters. The van der Waals surface area contributed by atoms with E-state index in [9.17, 15) is 9.18 Å². The molecule has 0 radical (unpaired) electrons. The number of halogens is 3. The minimum Gasteiger partial charge on any atom is -0.481 e. The number of rotatable bonds is 6. The van der Waals surface area contributed by atoms with Crippen LogP contribution in [0, 0.1) is 5.82 Å². The predicted molar refractivity (Wildman–Crippen MR) is 103 cm³/mol. The van der Waals surface area contributed by atoms with E-state index in [2.05, 4.69) is 41.5 Å². The van der Waals surface area contributed by atoms with E-state index in [4.69, 9.17) is 16.7 Å². The molecular weight excluding hydrogens is 484 g/mol. The molecule has 3 heterocycles. The Balaban J connectivity index is 2.03. The van der Waals surface area contributed by atoms with Crippen molar-refractivity contribution in [2.24, 2.45) is 0 Å². The third-order valence-electron chi connectivity index (χ3n) is 3.27. The molecule has 0 saturated heterocycles. The Bertz CT molecular complexity index is 954. The van der Waals surface area contributed by atoms with Gasteiger partial charge in [-0.3, -0.25) is 8.77 Å². The summed E-state index contributed by atoms with van der Waals surface area (Å²) in [5.74, 6) is -1.40. The maximum absolute atomic E-state index is 13.9. The average molecular weight is 494 g/mol. The summed E-state index contributed by atoms with van der Waals surface area (Å²) >= 11 is 8.15. The van der Waals surface area contributed by atoms with Gasteiger partial charge in [0, 0.05) is 60.2 Å². The molecule has 11 heteroatoms. The van der Waals surface area contributed by atoms with Crippen molar-refractivity contribution in [2.75, 3.05) is 11.9 Å². The van der Waals surface area contributed by atoms with Gasteiger partial charge in [-0.25, -0.2) is 19.3 Å².